The minimum Gasteiger partial charge on any atom is -0.384 e. The third kappa shape index (κ3) is 1.53. The first-order chi connectivity index (χ1) is 7.75. The molecule has 0 amide bonds. The maximum absolute atomic E-state index is 6.18. The van der Waals surface area contributed by atoms with Crippen molar-refractivity contribution in [3.05, 3.63) is 33.9 Å². The van der Waals surface area contributed by atoms with Gasteiger partial charge in [0, 0.05) is 28.2 Å². The van der Waals surface area contributed by atoms with Crippen molar-refractivity contribution >= 4 is 39.8 Å². The molecule has 0 aliphatic carbocycles. The van der Waals surface area contributed by atoms with Crippen LogP contribution in [-0.2, 0) is 6.42 Å². The van der Waals surface area contributed by atoms with Gasteiger partial charge < -0.3 is 5.32 Å². The maximum Gasteiger partial charge on any atom is 0.135 e. The number of rotatable bonds is 0. The molecule has 0 spiro atoms. The molecule has 16 heavy (non-hydrogen) atoms. The molecule has 2 aromatic rings. The van der Waals surface area contributed by atoms with E-state index in [1.807, 2.05) is 18.2 Å². The Balaban J connectivity index is 2.37. The lowest BCUT2D eigenvalue weighted by atomic mass is 10.0. The van der Waals surface area contributed by atoms with E-state index in [1.54, 1.807) is 0 Å². The highest BCUT2D eigenvalue weighted by Gasteiger charge is 2.16. The van der Waals surface area contributed by atoms with Gasteiger partial charge in [-0.05, 0) is 31.0 Å². The Hall–Kier alpha value is -0.990. The first-order valence-electron chi connectivity index (χ1n) is 5.27. The average molecular weight is 253 g/mol. The number of halogens is 2. The number of hydrogen-bond donors (Lipinski definition) is 1. The zero-order valence-electron chi connectivity index (χ0n) is 8.56. The van der Waals surface area contributed by atoms with E-state index in [9.17, 15) is 0 Å². The van der Waals surface area contributed by atoms with Gasteiger partial charge in [0.1, 0.15) is 5.15 Å². The summed E-state index contributed by atoms with van der Waals surface area (Å²) < 4.78 is 0. The number of fused-ring (bicyclic) bond motifs is 3. The molecule has 0 saturated heterocycles. The van der Waals surface area contributed by atoms with Crippen molar-refractivity contribution in [2.24, 2.45) is 0 Å². The zero-order chi connectivity index (χ0) is 11.1. The van der Waals surface area contributed by atoms with Crippen LogP contribution in [0.25, 0.3) is 10.9 Å². The number of hydrogen-bond acceptors (Lipinski definition) is 2. The molecule has 0 bridgehead atoms. The first-order valence-corrected chi connectivity index (χ1v) is 6.03. The molecule has 0 atom stereocenters. The van der Waals surface area contributed by atoms with Crippen molar-refractivity contribution < 1.29 is 0 Å². The van der Waals surface area contributed by atoms with Crippen LogP contribution in [0.5, 0.6) is 0 Å². The topological polar surface area (TPSA) is 24.9 Å². The predicted octanol–water partition coefficient (Wildman–Crippen LogP) is 3.90. The molecule has 1 N–H and O–H groups in total. The van der Waals surface area contributed by atoms with Crippen LogP contribution in [0.3, 0.4) is 0 Å². The predicted molar refractivity (Wildman–Crippen MR) is 68.6 cm³/mol. The van der Waals surface area contributed by atoms with Crippen molar-refractivity contribution in [2.75, 3.05) is 11.9 Å². The van der Waals surface area contributed by atoms with Crippen LogP contribution in [0, 0.1) is 0 Å². The Labute approximate surface area is 104 Å². The molecule has 2 nitrogen and oxygen atoms in total. The molecule has 1 aliphatic rings. The molecule has 1 aromatic carbocycles. The van der Waals surface area contributed by atoms with E-state index < -0.39 is 0 Å². The van der Waals surface area contributed by atoms with Crippen molar-refractivity contribution in [1.29, 1.82) is 0 Å². The highest BCUT2D eigenvalue weighted by atomic mass is 35.5. The summed E-state index contributed by atoms with van der Waals surface area (Å²) in [6.45, 7) is 0.991. The Morgan fingerprint density at radius 1 is 1.25 bits per heavy atom. The summed E-state index contributed by atoms with van der Waals surface area (Å²) >= 11 is 12.1. The monoisotopic (exact) mass is 252 g/mol. The highest BCUT2D eigenvalue weighted by Crippen LogP contribution is 2.35. The third-order valence-electron chi connectivity index (χ3n) is 2.90. The second-order valence-corrected chi connectivity index (χ2v) is 4.74. The Bertz CT molecular complexity index is 566. The van der Waals surface area contributed by atoms with Crippen molar-refractivity contribution in [3.63, 3.8) is 0 Å². The van der Waals surface area contributed by atoms with E-state index in [0.29, 0.717) is 10.2 Å². The molecule has 1 aromatic heterocycles. The number of aromatic nitrogens is 1. The summed E-state index contributed by atoms with van der Waals surface area (Å²) in [6.07, 6.45) is 2.10. The van der Waals surface area contributed by atoms with E-state index in [1.165, 1.54) is 0 Å². The van der Waals surface area contributed by atoms with Crippen LogP contribution >= 0.6 is 23.2 Å². The van der Waals surface area contributed by atoms with E-state index in [4.69, 9.17) is 23.2 Å². The van der Waals surface area contributed by atoms with Crippen LogP contribution in [0.1, 0.15) is 12.0 Å². The van der Waals surface area contributed by atoms with Crippen molar-refractivity contribution in [1.82, 2.24) is 4.98 Å². The van der Waals surface area contributed by atoms with Gasteiger partial charge in [0.05, 0.1) is 5.52 Å². The number of pyridine rings is 1. The molecule has 82 valence electrons. The van der Waals surface area contributed by atoms with Gasteiger partial charge in [-0.15, -0.1) is 0 Å². The fraction of sp³-hybridized carbons (Fsp3) is 0.250. The molecule has 0 radical (unpaired) electrons. The minimum atomic E-state index is 0.594. The summed E-state index contributed by atoms with van der Waals surface area (Å²) in [6, 6.07) is 5.73. The fourth-order valence-corrected chi connectivity index (χ4v) is 2.60. The van der Waals surface area contributed by atoms with E-state index in [-0.39, 0.29) is 0 Å². The lowest BCUT2D eigenvalue weighted by molar-refractivity contribution is 0.829. The van der Waals surface area contributed by atoms with Gasteiger partial charge in [0.2, 0.25) is 0 Å². The van der Waals surface area contributed by atoms with Gasteiger partial charge in [0.25, 0.3) is 0 Å². The lowest BCUT2D eigenvalue weighted by Crippen LogP contribution is -2.13. The summed E-state index contributed by atoms with van der Waals surface area (Å²) in [7, 11) is 0. The van der Waals surface area contributed by atoms with Gasteiger partial charge in [-0.1, -0.05) is 23.2 Å². The van der Waals surface area contributed by atoms with Gasteiger partial charge in [0.15, 0.2) is 0 Å². The first kappa shape index (κ1) is 10.2. The maximum atomic E-state index is 6.18. The largest absolute Gasteiger partial charge is 0.384 e. The van der Waals surface area contributed by atoms with Crippen LogP contribution in [0.15, 0.2) is 18.2 Å². The smallest absolute Gasteiger partial charge is 0.135 e. The van der Waals surface area contributed by atoms with Crippen molar-refractivity contribution in [2.45, 2.75) is 12.8 Å². The SMILES string of the molecule is Clc1ccc2c3c(c(Cl)nc2c1)CCCN3. The molecule has 4 heteroatoms. The molecule has 0 fully saturated rings. The van der Waals surface area contributed by atoms with E-state index >= 15 is 0 Å². The standard InChI is InChI=1S/C12H10Cl2N2/c13-7-3-4-8-10(6-7)16-12(14)9-2-1-5-15-11(8)9/h3-4,6,15H,1-2,5H2. The Morgan fingerprint density at radius 3 is 3.00 bits per heavy atom. The zero-order valence-corrected chi connectivity index (χ0v) is 10.1. The molecule has 1 aliphatic heterocycles. The number of nitrogens with zero attached hydrogens (tertiary/aromatic N) is 1. The van der Waals surface area contributed by atoms with Crippen LogP contribution in [0.4, 0.5) is 5.69 Å². The van der Waals surface area contributed by atoms with Gasteiger partial charge in [-0.3, -0.25) is 0 Å². The molecule has 3 rings (SSSR count). The summed E-state index contributed by atoms with van der Waals surface area (Å²) in [5.41, 5.74) is 3.10. The minimum absolute atomic E-state index is 0.594. The normalized spacial score (nSPS) is 14.6. The molecular weight excluding hydrogens is 243 g/mol. The third-order valence-corrected chi connectivity index (χ3v) is 3.45. The van der Waals surface area contributed by atoms with E-state index in [2.05, 4.69) is 10.3 Å². The van der Waals surface area contributed by atoms with Crippen LogP contribution < -0.4 is 5.32 Å². The van der Waals surface area contributed by atoms with Gasteiger partial charge in [-0.25, -0.2) is 4.98 Å². The quantitative estimate of drug-likeness (QED) is 0.720. The lowest BCUT2D eigenvalue weighted by Gasteiger charge is -2.20. The second kappa shape index (κ2) is 3.79. The molecular formula is C12H10Cl2N2. The van der Waals surface area contributed by atoms with Crippen LogP contribution in [-0.4, -0.2) is 11.5 Å². The summed E-state index contributed by atoms with van der Waals surface area (Å²) in [5.74, 6) is 0. The van der Waals surface area contributed by atoms with Gasteiger partial charge >= 0.3 is 0 Å². The molecule has 0 saturated carbocycles. The number of nitrogens with one attached hydrogen (secondary N) is 1. The molecule has 0 unspecified atom stereocenters. The Morgan fingerprint density at radius 2 is 2.12 bits per heavy atom. The number of benzene rings is 1. The fourth-order valence-electron chi connectivity index (χ4n) is 2.16. The summed E-state index contributed by atoms with van der Waals surface area (Å²) in [4.78, 5) is 4.39. The Kier molecular flexibility index (Phi) is 2.41. The second-order valence-electron chi connectivity index (χ2n) is 3.95. The summed E-state index contributed by atoms with van der Waals surface area (Å²) in [5, 5.41) is 5.78. The van der Waals surface area contributed by atoms with Crippen molar-refractivity contribution in [3.8, 4) is 0 Å². The van der Waals surface area contributed by atoms with Gasteiger partial charge in [-0.2, -0.15) is 0 Å². The van der Waals surface area contributed by atoms with Crippen LogP contribution in [0.2, 0.25) is 10.2 Å². The molecule has 2 heterocycles. The average Bonchev–Trinajstić information content (AvgIpc) is 2.29. The number of anilines is 1. The van der Waals surface area contributed by atoms with E-state index in [0.717, 1.165) is 41.5 Å². The highest BCUT2D eigenvalue weighted by molar-refractivity contribution is 6.32.